The lowest BCUT2D eigenvalue weighted by molar-refractivity contribution is -0.138. The van der Waals surface area contributed by atoms with Crippen LogP contribution in [0.2, 0.25) is 0 Å². The molecule has 8 nitrogen and oxygen atoms in total. The minimum absolute atomic E-state index is 0.00159. The van der Waals surface area contributed by atoms with Crippen LogP contribution >= 0.6 is 0 Å². The first kappa shape index (κ1) is 22.0. The van der Waals surface area contributed by atoms with Crippen LogP contribution in [0.1, 0.15) is 22.8 Å². The molecule has 2 rings (SSSR count). The Morgan fingerprint density at radius 1 is 0.821 bits per heavy atom. The summed E-state index contributed by atoms with van der Waals surface area (Å²) in [5, 5.41) is 18.1. The van der Waals surface area contributed by atoms with Gasteiger partial charge in [0.2, 0.25) is 0 Å². The number of ketones is 1. The molecule has 154 valence electrons. The molecule has 0 radical (unpaired) electrons. The first-order valence-corrected chi connectivity index (χ1v) is 9.54. The topological polar surface area (TPSA) is 101 Å². The molecule has 0 unspecified atom stereocenters. The third kappa shape index (κ3) is 7.75. The molecule has 0 aliphatic carbocycles. The maximum absolute atomic E-state index is 11.5. The largest absolute Gasteiger partial charge is 0.480 e. The van der Waals surface area contributed by atoms with Gasteiger partial charge >= 0.3 is 11.9 Å². The number of hydrogen-bond donors (Lipinski definition) is 2. The second-order valence-electron chi connectivity index (χ2n) is 7.24. The summed E-state index contributed by atoms with van der Waals surface area (Å²) in [4.78, 5) is 39.9. The third-order valence-electron chi connectivity index (χ3n) is 4.92. The van der Waals surface area contributed by atoms with E-state index in [1.54, 1.807) is 19.1 Å². The molecule has 0 aromatic heterocycles. The van der Waals surface area contributed by atoms with Gasteiger partial charge in [0, 0.05) is 45.8 Å². The fourth-order valence-electron chi connectivity index (χ4n) is 3.33. The average Bonchev–Trinajstić information content (AvgIpc) is 2.71. The molecule has 1 aliphatic heterocycles. The Kier molecular flexibility index (Phi) is 8.56. The molecule has 0 spiro atoms. The lowest BCUT2D eigenvalue weighted by Gasteiger charge is -2.25. The predicted molar refractivity (Wildman–Crippen MR) is 105 cm³/mol. The highest BCUT2D eigenvalue weighted by Gasteiger charge is 2.18. The number of carboxylic acid groups (broad SMARTS) is 2. The Morgan fingerprint density at radius 3 is 1.79 bits per heavy atom. The Morgan fingerprint density at radius 2 is 1.32 bits per heavy atom. The molecule has 28 heavy (non-hydrogen) atoms. The van der Waals surface area contributed by atoms with Gasteiger partial charge in [-0.25, -0.2) is 4.79 Å². The van der Waals surface area contributed by atoms with Gasteiger partial charge in [-0.1, -0.05) is 12.1 Å². The normalized spacial score (nSPS) is 17.5. The Balaban J connectivity index is 1.97. The maximum Gasteiger partial charge on any atom is 0.335 e. The van der Waals surface area contributed by atoms with Crippen molar-refractivity contribution in [1.29, 1.82) is 0 Å². The van der Waals surface area contributed by atoms with E-state index < -0.39 is 11.9 Å². The SMILES string of the molecule is CC(=O)CN1CCN(CCc2ccc(C(=O)O)cc2)CCN(CC(=O)O)CC1. The summed E-state index contributed by atoms with van der Waals surface area (Å²) in [6.45, 7) is 7.04. The van der Waals surface area contributed by atoms with Crippen molar-refractivity contribution in [3.8, 4) is 0 Å². The van der Waals surface area contributed by atoms with Crippen LogP contribution in [0.4, 0.5) is 0 Å². The number of nitrogens with zero attached hydrogens (tertiary/aromatic N) is 3. The Bertz CT molecular complexity index is 649. The molecular weight excluding hydrogens is 362 g/mol. The molecule has 1 saturated heterocycles. The lowest BCUT2D eigenvalue weighted by atomic mass is 10.1. The van der Waals surface area contributed by atoms with Crippen LogP contribution in [-0.4, -0.2) is 102 Å². The first-order valence-electron chi connectivity index (χ1n) is 9.54. The summed E-state index contributed by atoms with van der Waals surface area (Å²) < 4.78 is 0. The highest BCUT2D eigenvalue weighted by atomic mass is 16.4. The second kappa shape index (κ2) is 10.9. The van der Waals surface area contributed by atoms with E-state index in [1.165, 1.54) is 0 Å². The van der Waals surface area contributed by atoms with Crippen LogP contribution in [0, 0.1) is 0 Å². The Hall–Kier alpha value is -2.29. The van der Waals surface area contributed by atoms with Gasteiger partial charge in [0.15, 0.2) is 0 Å². The smallest absolute Gasteiger partial charge is 0.335 e. The van der Waals surface area contributed by atoms with Crippen molar-refractivity contribution in [3.63, 3.8) is 0 Å². The quantitative estimate of drug-likeness (QED) is 0.661. The number of carbonyl (C=O) groups excluding carboxylic acids is 1. The summed E-state index contributed by atoms with van der Waals surface area (Å²) in [5.41, 5.74) is 1.34. The van der Waals surface area contributed by atoms with Crippen LogP contribution in [0.5, 0.6) is 0 Å². The molecule has 0 amide bonds. The summed E-state index contributed by atoms with van der Waals surface area (Å²) in [5.74, 6) is -1.67. The minimum Gasteiger partial charge on any atom is -0.480 e. The molecule has 1 aliphatic rings. The van der Waals surface area contributed by atoms with E-state index >= 15 is 0 Å². The van der Waals surface area contributed by atoms with Crippen molar-refractivity contribution < 1.29 is 24.6 Å². The van der Waals surface area contributed by atoms with Gasteiger partial charge in [-0.05, 0) is 31.0 Å². The number of rotatable bonds is 8. The fourth-order valence-corrected chi connectivity index (χ4v) is 3.33. The molecule has 0 bridgehead atoms. The van der Waals surface area contributed by atoms with Crippen LogP contribution in [0.25, 0.3) is 0 Å². The highest BCUT2D eigenvalue weighted by molar-refractivity contribution is 5.87. The van der Waals surface area contributed by atoms with E-state index in [2.05, 4.69) is 9.80 Å². The highest BCUT2D eigenvalue weighted by Crippen LogP contribution is 2.07. The monoisotopic (exact) mass is 391 g/mol. The fraction of sp³-hybridized carbons (Fsp3) is 0.550. The number of carboxylic acids is 2. The molecule has 1 aromatic rings. The van der Waals surface area contributed by atoms with Crippen LogP contribution in [-0.2, 0) is 16.0 Å². The van der Waals surface area contributed by atoms with Crippen LogP contribution < -0.4 is 0 Å². The van der Waals surface area contributed by atoms with E-state index in [9.17, 15) is 14.4 Å². The first-order chi connectivity index (χ1) is 13.3. The van der Waals surface area contributed by atoms with Gasteiger partial charge in [0.05, 0.1) is 18.7 Å². The van der Waals surface area contributed by atoms with E-state index in [1.807, 2.05) is 17.0 Å². The molecule has 2 N–H and O–H groups in total. The van der Waals surface area contributed by atoms with Gasteiger partial charge in [-0.2, -0.15) is 0 Å². The van der Waals surface area contributed by atoms with Crippen LogP contribution in [0.3, 0.4) is 0 Å². The molecule has 0 saturated carbocycles. The van der Waals surface area contributed by atoms with Crippen molar-refractivity contribution in [2.75, 3.05) is 58.9 Å². The van der Waals surface area contributed by atoms with Crippen molar-refractivity contribution in [3.05, 3.63) is 35.4 Å². The predicted octanol–water partition coefficient (Wildman–Crippen LogP) is 0.521. The van der Waals surface area contributed by atoms with Crippen LogP contribution in [0.15, 0.2) is 24.3 Å². The Labute approximate surface area is 165 Å². The molecule has 0 atom stereocenters. The van der Waals surface area contributed by atoms with Crippen molar-refractivity contribution >= 4 is 17.7 Å². The summed E-state index contributed by atoms with van der Waals surface area (Å²) in [6, 6.07) is 6.88. The maximum atomic E-state index is 11.5. The van der Waals surface area contributed by atoms with Crippen molar-refractivity contribution in [2.24, 2.45) is 0 Å². The molecule has 8 heteroatoms. The second-order valence-corrected chi connectivity index (χ2v) is 7.24. The molecule has 1 aromatic carbocycles. The van der Waals surface area contributed by atoms with Gasteiger partial charge < -0.3 is 15.1 Å². The molecule has 1 heterocycles. The van der Waals surface area contributed by atoms with Crippen molar-refractivity contribution in [1.82, 2.24) is 14.7 Å². The third-order valence-corrected chi connectivity index (χ3v) is 4.92. The average molecular weight is 391 g/mol. The van der Waals surface area contributed by atoms with Gasteiger partial charge in [-0.15, -0.1) is 0 Å². The van der Waals surface area contributed by atoms with Gasteiger partial charge in [0.1, 0.15) is 5.78 Å². The molecular formula is C20H29N3O5. The summed E-state index contributed by atoms with van der Waals surface area (Å²) in [7, 11) is 0. The molecule has 1 fully saturated rings. The number of aromatic carboxylic acids is 1. The van der Waals surface area contributed by atoms with E-state index in [-0.39, 0.29) is 17.9 Å². The van der Waals surface area contributed by atoms with E-state index in [0.717, 1.165) is 38.2 Å². The standard InChI is InChI=1S/C20H29N3O5/c1-16(24)14-22-10-8-21(9-11-23(13-12-22)15-19(25)26)7-6-17-2-4-18(5-3-17)20(27)28/h2-5H,6-15H2,1H3,(H,25,26)(H,27,28). The van der Waals surface area contributed by atoms with E-state index in [4.69, 9.17) is 10.2 Å². The number of aliphatic carboxylic acids is 1. The minimum atomic E-state index is -0.935. The van der Waals surface area contributed by atoms with E-state index in [0.29, 0.717) is 26.2 Å². The summed E-state index contributed by atoms with van der Waals surface area (Å²) >= 11 is 0. The van der Waals surface area contributed by atoms with Gasteiger partial charge in [0.25, 0.3) is 0 Å². The van der Waals surface area contributed by atoms with Crippen molar-refractivity contribution in [2.45, 2.75) is 13.3 Å². The number of carbonyl (C=O) groups is 3. The summed E-state index contributed by atoms with van der Waals surface area (Å²) in [6.07, 6.45) is 0.783. The zero-order valence-electron chi connectivity index (χ0n) is 16.3. The lowest BCUT2D eigenvalue weighted by Crippen LogP contribution is -2.40. The van der Waals surface area contributed by atoms with Gasteiger partial charge in [-0.3, -0.25) is 19.4 Å². The number of Topliss-reactive ketones (excluding diaryl/α,β-unsaturated/α-hetero) is 1. The zero-order chi connectivity index (χ0) is 20.5. The zero-order valence-corrected chi connectivity index (χ0v) is 16.3. The number of benzene rings is 1. The number of hydrogen-bond acceptors (Lipinski definition) is 6.